The van der Waals surface area contributed by atoms with E-state index in [1.54, 1.807) is 42.5 Å². The van der Waals surface area contributed by atoms with Crippen molar-refractivity contribution in [3.05, 3.63) is 107 Å². The van der Waals surface area contributed by atoms with Crippen LogP contribution in [0.1, 0.15) is 35.3 Å². The SMILES string of the molecule is CC(C)=O.O=C(N[C@@]1(Cc2ccccc2)C(=O)Oc2c1cc(O)c1ccccc21)c1cccc(Cl)c1. The van der Waals surface area contributed by atoms with E-state index in [0.717, 1.165) is 5.56 Å². The Labute approximate surface area is 213 Å². The number of nitrogens with one attached hydrogen (secondary N) is 1. The average molecular weight is 502 g/mol. The van der Waals surface area contributed by atoms with E-state index in [1.165, 1.54) is 26.0 Å². The van der Waals surface area contributed by atoms with Crippen molar-refractivity contribution in [1.29, 1.82) is 0 Å². The van der Waals surface area contributed by atoms with Crippen LogP contribution in [0.15, 0.2) is 84.9 Å². The number of hydrogen-bond donors (Lipinski definition) is 2. The van der Waals surface area contributed by atoms with Gasteiger partial charge in [-0.1, -0.05) is 72.3 Å². The predicted octanol–water partition coefficient (Wildman–Crippen LogP) is 5.58. The first-order valence-electron chi connectivity index (χ1n) is 11.3. The molecule has 0 aliphatic carbocycles. The number of carbonyl (C=O) groups excluding carboxylic acids is 3. The maximum Gasteiger partial charge on any atom is 0.342 e. The summed E-state index contributed by atoms with van der Waals surface area (Å²) in [6.45, 7) is 3.06. The standard InChI is InChI=1S/C26H18ClNO4.C3H6O/c27-18-10-6-9-17(13-18)24(30)28-26(15-16-7-2-1-3-8-16)21-14-22(29)19-11-4-5-12-20(19)23(21)32-25(26)31;1-3(2)4/h1-14,29H,15H2,(H,28,30);1-2H3/t26-;/m1./s1. The topological polar surface area (TPSA) is 92.7 Å². The van der Waals surface area contributed by atoms with Crippen molar-refractivity contribution in [2.24, 2.45) is 0 Å². The molecule has 0 spiro atoms. The fraction of sp³-hybridized carbons (Fsp3) is 0.138. The van der Waals surface area contributed by atoms with Gasteiger partial charge in [0.2, 0.25) is 0 Å². The molecule has 0 radical (unpaired) electrons. The maximum absolute atomic E-state index is 13.4. The third-order valence-corrected chi connectivity index (χ3v) is 5.94. The molecule has 0 unspecified atom stereocenters. The number of amides is 1. The Morgan fingerprint density at radius 2 is 1.56 bits per heavy atom. The molecule has 1 aliphatic rings. The van der Waals surface area contributed by atoms with Gasteiger partial charge >= 0.3 is 5.97 Å². The van der Waals surface area contributed by atoms with Gasteiger partial charge in [-0.25, -0.2) is 4.79 Å². The molecule has 0 fully saturated rings. The molecule has 1 aliphatic heterocycles. The van der Waals surface area contributed by atoms with Crippen molar-refractivity contribution < 1.29 is 24.2 Å². The number of phenols is 1. The van der Waals surface area contributed by atoms with Crippen LogP contribution in [0.25, 0.3) is 10.8 Å². The number of carbonyl (C=O) groups is 3. The van der Waals surface area contributed by atoms with Crippen LogP contribution in [0.4, 0.5) is 0 Å². The first kappa shape index (κ1) is 24.9. The van der Waals surface area contributed by atoms with Crippen LogP contribution < -0.4 is 10.1 Å². The van der Waals surface area contributed by atoms with Gasteiger partial charge < -0.3 is 20.0 Å². The number of halogens is 1. The Morgan fingerprint density at radius 1 is 0.917 bits per heavy atom. The Hall–Kier alpha value is -4.16. The third kappa shape index (κ3) is 4.95. The Kier molecular flexibility index (Phi) is 7.08. The number of rotatable bonds is 4. The van der Waals surface area contributed by atoms with Crippen LogP contribution >= 0.6 is 11.6 Å². The highest BCUT2D eigenvalue weighted by Crippen LogP contribution is 2.47. The number of fused-ring (bicyclic) bond motifs is 3. The molecule has 182 valence electrons. The molecule has 0 saturated heterocycles. The van der Waals surface area contributed by atoms with Gasteiger partial charge in [-0.2, -0.15) is 0 Å². The van der Waals surface area contributed by atoms with E-state index < -0.39 is 17.4 Å². The van der Waals surface area contributed by atoms with Crippen molar-refractivity contribution in [1.82, 2.24) is 5.32 Å². The second-order valence-corrected chi connectivity index (χ2v) is 9.08. The van der Waals surface area contributed by atoms with Crippen LogP contribution in [0.5, 0.6) is 11.5 Å². The number of ether oxygens (including phenoxy) is 1. The molecule has 1 amide bonds. The molecule has 36 heavy (non-hydrogen) atoms. The van der Waals surface area contributed by atoms with E-state index in [2.05, 4.69) is 5.32 Å². The monoisotopic (exact) mass is 501 g/mol. The largest absolute Gasteiger partial charge is 0.507 e. The van der Waals surface area contributed by atoms with Crippen LogP contribution in [0, 0.1) is 0 Å². The number of phenolic OH excluding ortho intramolecular Hbond substituents is 1. The molecular weight excluding hydrogens is 478 g/mol. The number of aromatic hydroxyl groups is 1. The van der Waals surface area contributed by atoms with E-state index in [0.29, 0.717) is 32.7 Å². The zero-order chi connectivity index (χ0) is 25.9. The molecule has 4 aromatic carbocycles. The van der Waals surface area contributed by atoms with Gasteiger partial charge in [0.15, 0.2) is 5.54 Å². The molecule has 1 atom stereocenters. The van der Waals surface area contributed by atoms with E-state index in [-0.39, 0.29) is 18.0 Å². The van der Waals surface area contributed by atoms with Gasteiger partial charge in [0.25, 0.3) is 5.91 Å². The van der Waals surface area contributed by atoms with Crippen molar-refractivity contribution in [3.8, 4) is 11.5 Å². The minimum Gasteiger partial charge on any atom is -0.507 e. The van der Waals surface area contributed by atoms with E-state index in [9.17, 15) is 19.5 Å². The van der Waals surface area contributed by atoms with Crippen molar-refractivity contribution in [2.45, 2.75) is 25.8 Å². The summed E-state index contributed by atoms with van der Waals surface area (Å²) in [5.41, 5.74) is 0.0444. The van der Waals surface area contributed by atoms with E-state index >= 15 is 0 Å². The zero-order valence-corrected chi connectivity index (χ0v) is 20.5. The molecule has 7 heteroatoms. The lowest BCUT2D eigenvalue weighted by Crippen LogP contribution is -2.52. The van der Waals surface area contributed by atoms with Crippen molar-refractivity contribution >= 4 is 40.0 Å². The molecular formula is C29H24ClNO5. The summed E-state index contributed by atoms with van der Waals surface area (Å²) in [5, 5.41) is 15.2. The van der Waals surface area contributed by atoms with Crippen LogP contribution in [-0.2, 0) is 21.5 Å². The molecule has 0 bridgehead atoms. The van der Waals surface area contributed by atoms with Gasteiger partial charge in [0.1, 0.15) is 17.3 Å². The maximum atomic E-state index is 13.4. The molecule has 0 aromatic heterocycles. The number of esters is 1. The van der Waals surface area contributed by atoms with Gasteiger partial charge in [0.05, 0.1) is 0 Å². The third-order valence-electron chi connectivity index (χ3n) is 5.70. The lowest BCUT2D eigenvalue weighted by atomic mass is 9.83. The van der Waals surface area contributed by atoms with Crippen molar-refractivity contribution in [3.63, 3.8) is 0 Å². The molecule has 1 heterocycles. The Balaban J connectivity index is 0.000000709. The number of hydrogen-bond acceptors (Lipinski definition) is 5. The minimum absolute atomic E-state index is 0.00657. The second kappa shape index (κ2) is 10.2. The van der Waals surface area contributed by atoms with Gasteiger partial charge in [-0.05, 0) is 43.7 Å². The highest BCUT2D eigenvalue weighted by atomic mass is 35.5. The number of Topliss-reactive ketones (excluding diaryl/α,β-unsaturated/α-hetero) is 1. The van der Waals surface area contributed by atoms with Gasteiger partial charge in [-0.15, -0.1) is 0 Å². The Morgan fingerprint density at radius 3 is 2.22 bits per heavy atom. The van der Waals surface area contributed by atoms with Gasteiger partial charge in [-0.3, -0.25) is 4.79 Å². The molecule has 0 saturated carbocycles. The number of benzene rings is 4. The normalized spacial score (nSPS) is 15.9. The molecule has 6 nitrogen and oxygen atoms in total. The van der Waals surface area contributed by atoms with E-state index in [4.69, 9.17) is 16.3 Å². The lowest BCUT2D eigenvalue weighted by Gasteiger charge is -2.28. The van der Waals surface area contributed by atoms with E-state index in [1.807, 2.05) is 30.3 Å². The average Bonchev–Trinajstić information content (AvgIpc) is 3.10. The molecule has 2 N–H and O–H groups in total. The molecule has 4 aromatic rings. The predicted molar refractivity (Wildman–Crippen MR) is 138 cm³/mol. The summed E-state index contributed by atoms with van der Waals surface area (Å²) < 4.78 is 5.73. The van der Waals surface area contributed by atoms with Gasteiger partial charge in [0, 0.05) is 33.3 Å². The highest BCUT2D eigenvalue weighted by molar-refractivity contribution is 6.31. The second-order valence-electron chi connectivity index (χ2n) is 8.65. The van der Waals surface area contributed by atoms with Crippen LogP contribution in [0.3, 0.4) is 0 Å². The lowest BCUT2D eigenvalue weighted by molar-refractivity contribution is -0.139. The fourth-order valence-corrected chi connectivity index (χ4v) is 4.36. The Bertz CT molecular complexity index is 1460. The molecule has 5 rings (SSSR count). The summed E-state index contributed by atoms with van der Waals surface area (Å²) >= 11 is 6.06. The summed E-state index contributed by atoms with van der Waals surface area (Å²) in [6, 6.07) is 24.5. The summed E-state index contributed by atoms with van der Waals surface area (Å²) in [4.78, 5) is 36.1. The number of ketones is 1. The first-order valence-corrected chi connectivity index (χ1v) is 11.7. The minimum atomic E-state index is -1.52. The fourth-order valence-electron chi connectivity index (χ4n) is 4.17. The van der Waals surface area contributed by atoms with Crippen molar-refractivity contribution in [2.75, 3.05) is 0 Å². The van der Waals surface area contributed by atoms with Crippen LogP contribution in [0.2, 0.25) is 5.02 Å². The summed E-state index contributed by atoms with van der Waals surface area (Å²) in [7, 11) is 0. The summed E-state index contributed by atoms with van der Waals surface area (Å²) in [5.74, 6) is -0.568. The highest BCUT2D eigenvalue weighted by Gasteiger charge is 2.51. The van der Waals surface area contributed by atoms with Crippen LogP contribution in [-0.4, -0.2) is 22.8 Å². The quantitative estimate of drug-likeness (QED) is 0.281. The zero-order valence-electron chi connectivity index (χ0n) is 19.7. The first-order chi connectivity index (χ1) is 17.2. The smallest absolute Gasteiger partial charge is 0.342 e. The summed E-state index contributed by atoms with van der Waals surface area (Å²) in [6.07, 6.45) is 0.157.